The first-order valence-corrected chi connectivity index (χ1v) is 5.67. The van der Waals surface area contributed by atoms with Crippen molar-refractivity contribution < 1.29 is 4.39 Å². The fourth-order valence-corrected chi connectivity index (χ4v) is 2.00. The molecule has 0 aliphatic carbocycles. The molecule has 0 saturated carbocycles. The van der Waals surface area contributed by atoms with Crippen molar-refractivity contribution in [3.05, 3.63) is 40.9 Å². The van der Waals surface area contributed by atoms with Gasteiger partial charge in [-0.05, 0) is 24.7 Å². The molecule has 90 valence electrons. The Morgan fingerprint density at radius 3 is 2.88 bits per heavy atom. The lowest BCUT2D eigenvalue weighted by Gasteiger charge is -2.06. The van der Waals surface area contributed by atoms with Gasteiger partial charge in [-0.2, -0.15) is 5.10 Å². The summed E-state index contributed by atoms with van der Waals surface area (Å²) in [7, 11) is 1.82. The second-order valence-electron chi connectivity index (χ2n) is 3.79. The largest absolute Gasteiger partial charge is 0.330 e. The molecule has 0 atom stereocenters. The summed E-state index contributed by atoms with van der Waals surface area (Å²) in [5, 5.41) is 4.64. The highest BCUT2D eigenvalue weighted by atomic mass is 35.5. The summed E-state index contributed by atoms with van der Waals surface area (Å²) >= 11 is 5.88. The van der Waals surface area contributed by atoms with E-state index >= 15 is 0 Å². The molecule has 1 aromatic carbocycles. The first kappa shape index (κ1) is 12.1. The molecule has 0 aliphatic rings. The molecule has 1 aromatic heterocycles. The first-order valence-electron chi connectivity index (χ1n) is 5.30. The van der Waals surface area contributed by atoms with Crippen molar-refractivity contribution in [3.8, 4) is 11.1 Å². The zero-order valence-electron chi connectivity index (χ0n) is 9.45. The van der Waals surface area contributed by atoms with Gasteiger partial charge in [0.15, 0.2) is 0 Å². The van der Waals surface area contributed by atoms with Crippen LogP contribution in [0, 0.1) is 5.82 Å². The third kappa shape index (κ3) is 2.33. The van der Waals surface area contributed by atoms with Crippen LogP contribution in [-0.2, 0) is 13.5 Å². The lowest BCUT2D eigenvalue weighted by molar-refractivity contribution is 0.631. The summed E-state index contributed by atoms with van der Waals surface area (Å²) in [6, 6.07) is 4.49. The summed E-state index contributed by atoms with van der Waals surface area (Å²) < 4.78 is 15.5. The highest BCUT2D eigenvalue weighted by molar-refractivity contribution is 6.30. The third-order valence-electron chi connectivity index (χ3n) is 2.66. The van der Waals surface area contributed by atoms with Gasteiger partial charge in [0.2, 0.25) is 0 Å². The summed E-state index contributed by atoms with van der Waals surface area (Å²) in [6.45, 7) is 0.495. The van der Waals surface area contributed by atoms with Crippen molar-refractivity contribution in [1.82, 2.24) is 9.78 Å². The SMILES string of the molecule is Cn1ncc(-c2cc(Cl)ccc2F)c1CCN. The average Bonchev–Trinajstić information content (AvgIpc) is 2.65. The van der Waals surface area contributed by atoms with Crippen molar-refractivity contribution >= 4 is 11.6 Å². The van der Waals surface area contributed by atoms with Gasteiger partial charge in [-0.25, -0.2) is 4.39 Å². The number of aromatic nitrogens is 2. The van der Waals surface area contributed by atoms with Gasteiger partial charge in [0.25, 0.3) is 0 Å². The lowest BCUT2D eigenvalue weighted by Crippen LogP contribution is -2.08. The Balaban J connectivity index is 2.56. The molecular formula is C12H13ClFN3. The maximum absolute atomic E-state index is 13.8. The fraction of sp³-hybridized carbons (Fsp3) is 0.250. The lowest BCUT2D eigenvalue weighted by atomic mass is 10.0. The number of nitrogens with zero attached hydrogens (tertiary/aromatic N) is 2. The van der Waals surface area contributed by atoms with Crippen LogP contribution in [0.5, 0.6) is 0 Å². The van der Waals surface area contributed by atoms with Crippen molar-refractivity contribution in [2.45, 2.75) is 6.42 Å². The van der Waals surface area contributed by atoms with Crippen LogP contribution in [0.1, 0.15) is 5.69 Å². The van der Waals surface area contributed by atoms with E-state index in [1.165, 1.54) is 12.1 Å². The third-order valence-corrected chi connectivity index (χ3v) is 2.90. The molecule has 0 bridgehead atoms. The van der Waals surface area contributed by atoms with Crippen molar-refractivity contribution in [3.63, 3.8) is 0 Å². The molecule has 2 aromatic rings. The summed E-state index contributed by atoms with van der Waals surface area (Å²) in [6.07, 6.45) is 2.29. The summed E-state index contributed by atoms with van der Waals surface area (Å²) in [5.41, 5.74) is 7.67. The van der Waals surface area contributed by atoms with Gasteiger partial charge in [-0.1, -0.05) is 11.6 Å². The van der Waals surface area contributed by atoms with Crippen LogP contribution in [0.15, 0.2) is 24.4 Å². The van der Waals surface area contributed by atoms with Gasteiger partial charge in [-0.15, -0.1) is 0 Å². The molecule has 1 heterocycles. The van der Waals surface area contributed by atoms with E-state index in [9.17, 15) is 4.39 Å². The standard InChI is InChI=1S/C12H13ClFN3/c1-17-12(4-5-15)10(7-16-17)9-6-8(13)2-3-11(9)14/h2-3,6-7H,4-5,15H2,1H3. The Bertz CT molecular complexity index is 537. The van der Waals surface area contributed by atoms with Gasteiger partial charge in [-0.3, -0.25) is 4.68 Å². The van der Waals surface area contributed by atoms with Crippen LogP contribution in [0.4, 0.5) is 4.39 Å². The van der Waals surface area contributed by atoms with Gasteiger partial charge >= 0.3 is 0 Å². The van der Waals surface area contributed by atoms with E-state index in [1.54, 1.807) is 16.9 Å². The Kier molecular flexibility index (Phi) is 3.45. The molecule has 0 fully saturated rings. The number of hydrogen-bond donors (Lipinski definition) is 1. The molecule has 0 aliphatic heterocycles. The highest BCUT2D eigenvalue weighted by Crippen LogP contribution is 2.28. The van der Waals surface area contributed by atoms with E-state index in [4.69, 9.17) is 17.3 Å². The number of halogens is 2. The van der Waals surface area contributed by atoms with Gasteiger partial charge < -0.3 is 5.73 Å². The monoisotopic (exact) mass is 253 g/mol. The zero-order chi connectivity index (χ0) is 12.4. The molecule has 17 heavy (non-hydrogen) atoms. The van der Waals surface area contributed by atoms with E-state index in [0.29, 0.717) is 23.6 Å². The molecule has 3 nitrogen and oxygen atoms in total. The highest BCUT2D eigenvalue weighted by Gasteiger charge is 2.13. The predicted molar refractivity (Wildman–Crippen MR) is 66.4 cm³/mol. The van der Waals surface area contributed by atoms with E-state index in [0.717, 1.165) is 11.3 Å². The van der Waals surface area contributed by atoms with E-state index in [-0.39, 0.29) is 5.82 Å². The average molecular weight is 254 g/mol. The van der Waals surface area contributed by atoms with Gasteiger partial charge in [0.1, 0.15) is 5.82 Å². The van der Waals surface area contributed by atoms with E-state index in [2.05, 4.69) is 5.10 Å². The number of nitrogens with two attached hydrogens (primary N) is 1. The summed E-state index contributed by atoms with van der Waals surface area (Å²) in [4.78, 5) is 0. The molecule has 2 N–H and O–H groups in total. The second kappa shape index (κ2) is 4.85. The number of benzene rings is 1. The van der Waals surface area contributed by atoms with Crippen LogP contribution < -0.4 is 5.73 Å². The van der Waals surface area contributed by atoms with Crippen LogP contribution >= 0.6 is 11.6 Å². The molecule has 0 saturated heterocycles. The van der Waals surface area contributed by atoms with Crippen molar-refractivity contribution in [1.29, 1.82) is 0 Å². The predicted octanol–water partition coefficient (Wildman–Crippen LogP) is 2.38. The maximum atomic E-state index is 13.8. The summed E-state index contributed by atoms with van der Waals surface area (Å²) in [5.74, 6) is -0.305. The number of rotatable bonds is 3. The minimum atomic E-state index is -0.305. The van der Waals surface area contributed by atoms with Crippen LogP contribution in [0.3, 0.4) is 0 Å². The minimum Gasteiger partial charge on any atom is -0.330 e. The molecule has 0 spiro atoms. The molecule has 5 heteroatoms. The van der Waals surface area contributed by atoms with Crippen molar-refractivity contribution in [2.75, 3.05) is 6.54 Å². The molecule has 0 unspecified atom stereocenters. The van der Waals surface area contributed by atoms with Gasteiger partial charge in [0.05, 0.1) is 6.20 Å². The topological polar surface area (TPSA) is 43.8 Å². The zero-order valence-corrected chi connectivity index (χ0v) is 10.2. The Morgan fingerprint density at radius 2 is 2.18 bits per heavy atom. The smallest absolute Gasteiger partial charge is 0.131 e. The van der Waals surface area contributed by atoms with Crippen LogP contribution in [-0.4, -0.2) is 16.3 Å². The molecule has 2 rings (SSSR count). The molecular weight excluding hydrogens is 241 g/mol. The fourth-order valence-electron chi connectivity index (χ4n) is 1.82. The Labute approximate surface area is 104 Å². The number of hydrogen-bond acceptors (Lipinski definition) is 2. The van der Waals surface area contributed by atoms with E-state index in [1.807, 2.05) is 7.05 Å². The Hall–Kier alpha value is -1.39. The van der Waals surface area contributed by atoms with E-state index < -0.39 is 0 Å². The molecule has 0 amide bonds. The van der Waals surface area contributed by atoms with Crippen molar-refractivity contribution in [2.24, 2.45) is 12.8 Å². The van der Waals surface area contributed by atoms with Crippen LogP contribution in [0.25, 0.3) is 11.1 Å². The maximum Gasteiger partial charge on any atom is 0.131 e. The second-order valence-corrected chi connectivity index (χ2v) is 4.23. The van der Waals surface area contributed by atoms with Gasteiger partial charge in [0, 0.05) is 35.3 Å². The van der Waals surface area contributed by atoms with Crippen LogP contribution in [0.2, 0.25) is 5.02 Å². The Morgan fingerprint density at radius 1 is 1.41 bits per heavy atom. The normalized spacial score (nSPS) is 10.8. The quantitative estimate of drug-likeness (QED) is 0.913. The first-order chi connectivity index (χ1) is 8.13. The minimum absolute atomic E-state index is 0.305. The number of aryl methyl sites for hydroxylation is 1. The molecule has 0 radical (unpaired) electrons.